The number of rotatable bonds is 6. The fourth-order valence-corrected chi connectivity index (χ4v) is 2.31. The Bertz CT molecular complexity index is 386. The summed E-state index contributed by atoms with van der Waals surface area (Å²) in [6.07, 6.45) is 1.05. The fourth-order valence-electron chi connectivity index (χ4n) is 2.31. The topological polar surface area (TPSA) is 32.7 Å². The predicted octanol–water partition coefficient (Wildman–Crippen LogP) is 2.00. The molecule has 3 nitrogen and oxygen atoms in total. The number of aliphatic hydroxyl groups excluding tert-OH is 1. The number of hydrogen-bond donors (Lipinski definition) is 1. The van der Waals surface area contributed by atoms with Crippen LogP contribution in [0.15, 0.2) is 18.2 Å². The lowest BCUT2D eigenvalue weighted by Gasteiger charge is -2.38. The van der Waals surface area contributed by atoms with E-state index in [9.17, 15) is 0 Å². The van der Waals surface area contributed by atoms with Crippen LogP contribution in [-0.4, -0.2) is 42.9 Å². The maximum atomic E-state index is 8.93. The molecule has 1 fully saturated rings. The van der Waals surface area contributed by atoms with E-state index < -0.39 is 0 Å². The number of aryl methyl sites for hydroxylation is 2. The van der Waals surface area contributed by atoms with Gasteiger partial charge in [-0.15, -0.1) is 0 Å². The summed E-state index contributed by atoms with van der Waals surface area (Å²) < 4.78 is 5.81. The van der Waals surface area contributed by atoms with E-state index in [2.05, 4.69) is 36.9 Å². The second-order valence-electron chi connectivity index (χ2n) is 5.28. The molecule has 3 heteroatoms. The van der Waals surface area contributed by atoms with E-state index in [0.717, 1.165) is 38.4 Å². The third-order valence-corrected chi connectivity index (χ3v) is 3.51. The zero-order valence-electron chi connectivity index (χ0n) is 11.4. The molecule has 0 bridgehead atoms. The third-order valence-electron chi connectivity index (χ3n) is 3.51. The lowest BCUT2D eigenvalue weighted by molar-refractivity contribution is 0.0502. The molecule has 1 aliphatic heterocycles. The highest BCUT2D eigenvalue weighted by Gasteiger charge is 2.24. The van der Waals surface area contributed by atoms with Crippen LogP contribution in [0.5, 0.6) is 5.75 Å². The fraction of sp³-hybridized carbons (Fsp3) is 0.600. The summed E-state index contributed by atoms with van der Waals surface area (Å²) in [6.45, 7) is 8.42. The van der Waals surface area contributed by atoms with Crippen LogP contribution in [0.4, 0.5) is 0 Å². The first-order valence-corrected chi connectivity index (χ1v) is 6.72. The van der Waals surface area contributed by atoms with Gasteiger partial charge in [0.15, 0.2) is 0 Å². The molecule has 0 saturated carbocycles. The first kappa shape index (κ1) is 13.4. The predicted molar refractivity (Wildman–Crippen MR) is 73.0 cm³/mol. The zero-order chi connectivity index (χ0) is 13.0. The zero-order valence-corrected chi connectivity index (χ0v) is 11.4. The van der Waals surface area contributed by atoms with Gasteiger partial charge in [0.2, 0.25) is 0 Å². The molecule has 0 aliphatic carbocycles. The Morgan fingerprint density at radius 2 is 2.11 bits per heavy atom. The highest BCUT2D eigenvalue weighted by molar-refractivity contribution is 5.35. The molecule has 1 heterocycles. The van der Waals surface area contributed by atoms with Crippen molar-refractivity contribution in [3.05, 3.63) is 29.3 Å². The van der Waals surface area contributed by atoms with Gasteiger partial charge in [-0.25, -0.2) is 0 Å². The summed E-state index contributed by atoms with van der Waals surface area (Å²) in [6, 6.07) is 6.31. The average molecular weight is 249 g/mol. The molecule has 0 radical (unpaired) electrons. The van der Waals surface area contributed by atoms with Crippen molar-refractivity contribution >= 4 is 0 Å². The van der Waals surface area contributed by atoms with Gasteiger partial charge in [0.1, 0.15) is 5.75 Å². The lowest BCUT2D eigenvalue weighted by atomic mass is 10.0. The summed E-state index contributed by atoms with van der Waals surface area (Å²) in [5.41, 5.74) is 2.44. The minimum Gasteiger partial charge on any atom is -0.493 e. The van der Waals surface area contributed by atoms with Gasteiger partial charge in [-0.1, -0.05) is 12.1 Å². The maximum Gasteiger partial charge on any atom is 0.122 e. The molecule has 1 saturated heterocycles. The van der Waals surface area contributed by atoms with Crippen LogP contribution in [0.1, 0.15) is 17.5 Å². The molecule has 0 spiro atoms. The molecule has 2 rings (SSSR count). The van der Waals surface area contributed by atoms with E-state index in [0.29, 0.717) is 12.5 Å². The molecular formula is C15H23NO2. The second kappa shape index (κ2) is 6.21. The van der Waals surface area contributed by atoms with Crippen molar-refractivity contribution in [1.29, 1.82) is 0 Å². The molecular weight excluding hydrogens is 226 g/mol. The number of hydrogen-bond acceptors (Lipinski definition) is 3. The Hall–Kier alpha value is -1.06. The molecule has 100 valence electrons. The molecule has 1 aromatic carbocycles. The molecule has 1 aliphatic rings. The van der Waals surface area contributed by atoms with Crippen molar-refractivity contribution in [2.75, 3.05) is 32.8 Å². The van der Waals surface area contributed by atoms with Crippen LogP contribution in [0.25, 0.3) is 0 Å². The number of likely N-dealkylation sites (tertiary alicyclic amines) is 1. The summed E-state index contributed by atoms with van der Waals surface area (Å²) in [5, 5.41) is 8.93. The number of benzene rings is 1. The van der Waals surface area contributed by atoms with Crippen molar-refractivity contribution in [3.63, 3.8) is 0 Å². The number of aliphatic hydroxyl groups is 1. The van der Waals surface area contributed by atoms with Crippen LogP contribution in [0, 0.1) is 19.8 Å². The largest absolute Gasteiger partial charge is 0.493 e. The summed E-state index contributed by atoms with van der Waals surface area (Å²) in [7, 11) is 0. The van der Waals surface area contributed by atoms with Crippen LogP contribution in [-0.2, 0) is 0 Å². The van der Waals surface area contributed by atoms with Crippen molar-refractivity contribution in [3.8, 4) is 5.75 Å². The van der Waals surface area contributed by atoms with Gasteiger partial charge < -0.3 is 14.7 Å². The normalized spacial score (nSPS) is 16.6. The minimum atomic E-state index is 0.329. The molecule has 1 aromatic rings. The van der Waals surface area contributed by atoms with Gasteiger partial charge in [-0.3, -0.25) is 0 Å². The minimum absolute atomic E-state index is 0.329. The van der Waals surface area contributed by atoms with Gasteiger partial charge in [0.05, 0.1) is 6.61 Å². The number of nitrogens with zero attached hydrogens (tertiary/aromatic N) is 1. The molecule has 0 aromatic heterocycles. The van der Waals surface area contributed by atoms with E-state index in [4.69, 9.17) is 9.84 Å². The van der Waals surface area contributed by atoms with Crippen molar-refractivity contribution in [2.45, 2.75) is 20.3 Å². The van der Waals surface area contributed by atoms with Crippen molar-refractivity contribution in [2.24, 2.45) is 5.92 Å². The van der Waals surface area contributed by atoms with Crippen LogP contribution >= 0.6 is 0 Å². The van der Waals surface area contributed by atoms with E-state index in [-0.39, 0.29) is 0 Å². The average Bonchev–Trinajstić information content (AvgIpc) is 2.31. The third kappa shape index (κ3) is 3.47. The Kier molecular flexibility index (Phi) is 4.61. The lowest BCUT2D eigenvalue weighted by Crippen LogP contribution is -2.48. The van der Waals surface area contributed by atoms with E-state index in [1.807, 2.05) is 0 Å². The van der Waals surface area contributed by atoms with Gasteiger partial charge >= 0.3 is 0 Å². The molecule has 1 N–H and O–H groups in total. The van der Waals surface area contributed by atoms with Crippen LogP contribution < -0.4 is 4.74 Å². The van der Waals surface area contributed by atoms with E-state index in [1.165, 1.54) is 11.1 Å². The summed E-state index contributed by atoms with van der Waals surface area (Å²) >= 11 is 0. The Balaban J connectivity index is 1.65. The molecule has 0 atom stereocenters. The van der Waals surface area contributed by atoms with Gasteiger partial charge in [0, 0.05) is 32.2 Å². The number of ether oxygens (including phenoxy) is 1. The molecule has 0 amide bonds. The second-order valence-corrected chi connectivity index (χ2v) is 5.28. The van der Waals surface area contributed by atoms with Gasteiger partial charge in [0.25, 0.3) is 0 Å². The molecule has 18 heavy (non-hydrogen) atoms. The highest BCUT2D eigenvalue weighted by atomic mass is 16.5. The highest BCUT2D eigenvalue weighted by Crippen LogP contribution is 2.19. The Morgan fingerprint density at radius 3 is 2.83 bits per heavy atom. The van der Waals surface area contributed by atoms with E-state index >= 15 is 0 Å². The van der Waals surface area contributed by atoms with E-state index in [1.54, 1.807) is 0 Å². The summed E-state index contributed by atoms with van der Waals surface area (Å²) in [4.78, 5) is 2.37. The standard InChI is InChI=1S/C15H23NO2/c1-12-4-5-13(2)15(8-12)18-7-3-6-16-9-14(10-16)11-17/h4-5,8,14,17H,3,6-7,9-11H2,1-2H3. The quantitative estimate of drug-likeness (QED) is 0.783. The SMILES string of the molecule is Cc1ccc(C)c(OCCCN2CC(CO)C2)c1. The Morgan fingerprint density at radius 1 is 1.33 bits per heavy atom. The first-order valence-electron chi connectivity index (χ1n) is 6.72. The first-order chi connectivity index (χ1) is 8.69. The maximum absolute atomic E-state index is 8.93. The van der Waals surface area contributed by atoms with Crippen LogP contribution in [0.2, 0.25) is 0 Å². The van der Waals surface area contributed by atoms with Crippen molar-refractivity contribution < 1.29 is 9.84 Å². The van der Waals surface area contributed by atoms with Crippen LogP contribution in [0.3, 0.4) is 0 Å². The van der Waals surface area contributed by atoms with Gasteiger partial charge in [-0.2, -0.15) is 0 Å². The summed E-state index contributed by atoms with van der Waals surface area (Å²) in [5.74, 6) is 1.51. The molecule has 0 unspecified atom stereocenters. The Labute approximate surface area is 109 Å². The van der Waals surface area contributed by atoms with Gasteiger partial charge in [-0.05, 0) is 37.5 Å². The monoisotopic (exact) mass is 249 g/mol. The smallest absolute Gasteiger partial charge is 0.122 e. The van der Waals surface area contributed by atoms with Crippen molar-refractivity contribution in [1.82, 2.24) is 4.90 Å².